The topological polar surface area (TPSA) is 86.1 Å². The third-order valence-electron chi connectivity index (χ3n) is 4.81. The van der Waals surface area contributed by atoms with Gasteiger partial charge in [0.2, 0.25) is 0 Å². The predicted octanol–water partition coefficient (Wildman–Crippen LogP) is 4.52. The van der Waals surface area contributed by atoms with Crippen LogP contribution < -0.4 is 4.72 Å². The van der Waals surface area contributed by atoms with Crippen molar-refractivity contribution in [2.45, 2.75) is 37.7 Å². The molecule has 1 N–H and O–H groups in total. The molecule has 0 aliphatic rings. The van der Waals surface area contributed by atoms with Gasteiger partial charge in [-0.05, 0) is 29.2 Å². The van der Waals surface area contributed by atoms with Gasteiger partial charge in [0, 0.05) is 25.8 Å². The van der Waals surface area contributed by atoms with Crippen LogP contribution in [0.5, 0.6) is 0 Å². The van der Waals surface area contributed by atoms with Crippen LogP contribution in [0.2, 0.25) is 5.02 Å². The Balaban J connectivity index is 2.04. The van der Waals surface area contributed by atoms with Crippen LogP contribution in [0.15, 0.2) is 41.3 Å². The second-order valence-corrected chi connectivity index (χ2v) is 10.2. The number of nitrogens with zero attached hydrogens (tertiary/aromatic N) is 3. The van der Waals surface area contributed by atoms with Gasteiger partial charge in [0.15, 0.2) is 11.6 Å². The number of nitrogens with one attached hydrogen (secondary N) is 1. The summed E-state index contributed by atoms with van der Waals surface area (Å²) in [5.74, 6) is 0.0738. The van der Waals surface area contributed by atoms with Crippen molar-refractivity contribution in [3.05, 3.63) is 58.6 Å². The number of methoxy groups -OCH3 is 1. The predicted molar refractivity (Wildman–Crippen MR) is 118 cm³/mol. The van der Waals surface area contributed by atoms with Crippen LogP contribution in [-0.4, -0.2) is 30.3 Å². The summed E-state index contributed by atoms with van der Waals surface area (Å²) in [4.78, 5) is 0.0554. The Morgan fingerprint density at radius 3 is 2.39 bits per heavy atom. The van der Waals surface area contributed by atoms with E-state index in [0.29, 0.717) is 17.2 Å². The van der Waals surface area contributed by atoms with Gasteiger partial charge in [0.25, 0.3) is 10.0 Å². The van der Waals surface area contributed by atoms with Gasteiger partial charge in [-0.25, -0.2) is 12.8 Å². The Morgan fingerprint density at radius 1 is 1.16 bits per heavy atom. The van der Waals surface area contributed by atoms with Gasteiger partial charge in [-0.1, -0.05) is 44.5 Å². The van der Waals surface area contributed by atoms with Crippen LogP contribution in [0.25, 0.3) is 11.4 Å². The molecular formula is C21H24ClFN4O3S. The second kappa shape index (κ2) is 8.57. The molecular weight excluding hydrogens is 443 g/mol. The fourth-order valence-corrected chi connectivity index (χ4v) is 4.24. The molecule has 3 aromatic rings. The lowest BCUT2D eigenvalue weighted by atomic mass is 9.87. The molecule has 0 unspecified atom stereocenters. The Kier molecular flexibility index (Phi) is 6.40. The molecule has 1 aromatic heterocycles. The van der Waals surface area contributed by atoms with Gasteiger partial charge in [0.1, 0.15) is 12.4 Å². The molecule has 0 saturated heterocycles. The van der Waals surface area contributed by atoms with Gasteiger partial charge in [0.05, 0.1) is 15.6 Å². The van der Waals surface area contributed by atoms with Gasteiger partial charge in [-0.2, -0.15) is 0 Å². The Hall–Kier alpha value is -2.49. The Bertz CT molecular complexity index is 1200. The molecule has 0 radical (unpaired) electrons. The molecule has 0 saturated carbocycles. The average Bonchev–Trinajstić information content (AvgIpc) is 3.04. The summed E-state index contributed by atoms with van der Waals surface area (Å²) in [6, 6.07) is 8.92. The number of hydrogen-bond donors (Lipinski definition) is 1. The number of hydrogen-bond acceptors (Lipinski definition) is 5. The largest absolute Gasteiger partial charge is 0.377 e. The molecule has 166 valence electrons. The standard InChI is InChI=1S/C21H24ClFN4O3S/c1-21(2,3)13-6-8-14(9-7-13)31(28,29)26-18-11-17(23)16(22)10-15(18)20-25-24-19(12-30-5)27(20)4/h6-11,26H,12H2,1-5H3. The van der Waals surface area contributed by atoms with E-state index < -0.39 is 15.8 Å². The molecule has 0 aliphatic heterocycles. The van der Waals surface area contributed by atoms with E-state index in [0.717, 1.165) is 11.6 Å². The first-order valence-corrected chi connectivity index (χ1v) is 11.3. The first-order valence-electron chi connectivity index (χ1n) is 9.44. The summed E-state index contributed by atoms with van der Waals surface area (Å²) in [5, 5.41) is 7.97. The second-order valence-electron chi connectivity index (χ2n) is 8.12. The first-order chi connectivity index (χ1) is 14.4. The van der Waals surface area contributed by atoms with Gasteiger partial charge >= 0.3 is 0 Å². The number of halogens is 2. The normalized spacial score (nSPS) is 12.2. The number of anilines is 1. The van der Waals surface area contributed by atoms with Crippen LogP contribution in [0.4, 0.5) is 10.1 Å². The monoisotopic (exact) mass is 466 g/mol. The minimum atomic E-state index is -3.99. The van der Waals surface area contributed by atoms with Gasteiger partial charge < -0.3 is 9.30 Å². The zero-order valence-corrected chi connectivity index (χ0v) is 19.5. The smallest absolute Gasteiger partial charge is 0.261 e. The third-order valence-corrected chi connectivity index (χ3v) is 6.49. The summed E-state index contributed by atoms with van der Waals surface area (Å²) in [6.45, 7) is 6.32. The van der Waals surface area contributed by atoms with Gasteiger partial charge in [-0.15, -0.1) is 10.2 Å². The summed E-state index contributed by atoms with van der Waals surface area (Å²) in [5.41, 5.74) is 1.17. The summed E-state index contributed by atoms with van der Waals surface area (Å²) in [6.07, 6.45) is 0. The van der Waals surface area contributed by atoms with E-state index in [-0.39, 0.29) is 27.6 Å². The number of rotatable bonds is 6. The molecule has 31 heavy (non-hydrogen) atoms. The van der Waals surface area contributed by atoms with Crippen molar-refractivity contribution < 1.29 is 17.5 Å². The molecule has 0 atom stereocenters. The average molecular weight is 467 g/mol. The van der Waals surface area contributed by atoms with E-state index in [4.69, 9.17) is 16.3 Å². The fourth-order valence-electron chi connectivity index (χ4n) is 3.00. The van der Waals surface area contributed by atoms with Crippen molar-refractivity contribution in [2.24, 2.45) is 7.05 Å². The van der Waals surface area contributed by atoms with Crippen LogP contribution in [-0.2, 0) is 33.8 Å². The SMILES string of the molecule is COCc1nnc(-c2cc(Cl)c(F)cc2NS(=O)(=O)c2ccc(C(C)(C)C)cc2)n1C. The highest BCUT2D eigenvalue weighted by Crippen LogP contribution is 2.33. The maximum Gasteiger partial charge on any atom is 0.261 e. The fraction of sp³-hybridized carbons (Fsp3) is 0.333. The molecule has 0 fully saturated rings. The molecule has 0 amide bonds. The zero-order chi connectivity index (χ0) is 23.0. The first kappa shape index (κ1) is 23.2. The highest BCUT2D eigenvalue weighted by Gasteiger charge is 2.22. The molecule has 0 bridgehead atoms. The van der Waals surface area contributed by atoms with E-state index in [1.807, 2.05) is 20.8 Å². The number of sulfonamides is 1. The minimum absolute atomic E-state index is 0.00117. The van der Waals surface area contributed by atoms with Crippen molar-refractivity contribution in [3.8, 4) is 11.4 Å². The number of benzene rings is 2. The van der Waals surface area contributed by atoms with E-state index in [2.05, 4.69) is 14.9 Å². The van der Waals surface area contributed by atoms with Crippen LogP contribution >= 0.6 is 11.6 Å². The third kappa shape index (κ3) is 4.89. The molecule has 7 nitrogen and oxygen atoms in total. The maximum atomic E-state index is 14.2. The Morgan fingerprint density at radius 2 is 1.81 bits per heavy atom. The van der Waals surface area contributed by atoms with E-state index >= 15 is 0 Å². The van der Waals surface area contributed by atoms with E-state index in [9.17, 15) is 12.8 Å². The lowest BCUT2D eigenvalue weighted by Crippen LogP contribution is -2.16. The lowest BCUT2D eigenvalue weighted by Gasteiger charge is -2.19. The molecule has 2 aromatic carbocycles. The molecule has 0 aliphatic carbocycles. The highest BCUT2D eigenvalue weighted by molar-refractivity contribution is 7.92. The molecule has 3 rings (SSSR count). The zero-order valence-electron chi connectivity index (χ0n) is 17.9. The van der Waals surface area contributed by atoms with E-state index in [1.54, 1.807) is 23.7 Å². The van der Waals surface area contributed by atoms with Crippen molar-refractivity contribution >= 4 is 27.3 Å². The van der Waals surface area contributed by atoms with Gasteiger partial charge in [-0.3, -0.25) is 4.72 Å². The van der Waals surface area contributed by atoms with Crippen LogP contribution in [0.3, 0.4) is 0 Å². The summed E-state index contributed by atoms with van der Waals surface area (Å²) >= 11 is 5.97. The molecule has 1 heterocycles. The number of aromatic nitrogens is 3. The summed E-state index contributed by atoms with van der Waals surface area (Å²) in [7, 11) is -0.774. The van der Waals surface area contributed by atoms with E-state index in [1.165, 1.54) is 25.3 Å². The van der Waals surface area contributed by atoms with Crippen LogP contribution in [0, 0.1) is 5.82 Å². The quantitative estimate of drug-likeness (QED) is 0.577. The Labute approximate surface area is 186 Å². The lowest BCUT2D eigenvalue weighted by molar-refractivity contribution is 0.175. The highest BCUT2D eigenvalue weighted by atomic mass is 35.5. The number of ether oxygens (including phenoxy) is 1. The van der Waals surface area contributed by atoms with Crippen molar-refractivity contribution in [2.75, 3.05) is 11.8 Å². The maximum absolute atomic E-state index is 14.2. The molecule has 10 heteroatoms. The molecule has 0 spiro atoms. The van der Waals surface area contributed by atoms with Crippen molar-refractivity contribution in [1.82, 2.24) is 14.8 Å². The van der Waals surface area contributed by atoms with Crippen molar-refractivity contribution in [1.29, 1.82) is 0 Å². The minimum Gasteiger partial charge on any atom is -0.377 e. The summed E-state index contributed by atoms with van der Waals surface area (Å²) < 4.78 is 49.4. The van der Waals surface area contributed by atoms with Crippen molar-refractivity contribution in [3.63, 3.8) is 0 Å². The van der Waals surface area contributed by atoms with Crippen LogP contribution in [0.1, 0.15) is 32.2 Å².